The van der Waals surface area contributed by atoms with E-state index in [0.717, 1.165) is 16.9 Å². The highest BCUT2D eigenvalue weighted by molar-refractivity contribution is 7.14. The van der Waals surface area contributed by atoms with Gasteiger partial charge >= 0.3 is 0 Å². The molecule has 5 heteroatoms. The molecule has 0 aromatic carbocycles. The summed E-state index contributed by atoms with van der Waals surface area (Å²) in [6, 6.07) is 2.04. The van der Waals surface area contributed by atoms with Crippen LogP contribution in [-0.4, -0.2) is 48.3 Å². The molecule has 1 saturated heterocycles. The third-order valence-corrected chi connectivity index (χ3v) is 4.51. The number of amides is 1. The van der Waals surface area contributed by atoms with Crippen LogP contribution in [0.1, 0.15) is 33.5 Å². The molecule has 2 heterocycles. The quantitative estimate of drug-likeness (QED) is 0.844. The Labute approximate surface area is 123 Å². The van der Waals surface area contributed by atoms with Crippen molar-refractivity contribution in [3.8, 4) is 11.8 Å². The predicted octanol–water partition coefficient (Wildman–Crippen LogP) is 1.65. The second kappa shape index (κ2) is 6.89. The van der Waals surface area contributed by atoms with Gasteiger partial charge in [-0.2, -0.15) is 0 Å². The van der Waals surface area contributed by atoms with Crippen LogP contribution < -0.4 is 0 Å². The van der Waals surface area contributed by atoms with Gasteiger partial charge in [-0.15, -0.1) is 11.3 Å². The molecule has 1 N–H and O–H groups in total. The summed E-state index contributed by atoms with van der Waals surface area (Å²) in [4.78, 5) is 16.1. The van der Waals surface area contributed by atoms with Gasteiger partial charge in [0.05, 0.1) is 29.0 Å². The first-order valence-electron chi connectivity index (χ1n) is 6.76. The van der Waals surface area contributed by atoms with Crippen LogP contribution in [-0.2, 0) is 4.74 Å². The lowest BCUT2D eigenvalue weighted by Crippen LogP contribution is -2.48. The van der Waals surface area contributed by atoms with E-state index in [4.69, 9.17) is 9.84 Å². The molecule has 1 amide bonds. The van der Waals surface area contributed by atoms with E-state index in [0.29, 0.717) is 24.6 Å². The number of carbonyl (C=O) groups excluding carboxylic acids is 1. The maximum Gasteiger partial charge on any atom is 0.264 e. The zero-order chi connectivity index (χ0) is 14.5. The van der Waals surface area contributed by atoms with Crippen molar-refractivity contribution < 1.29 is 14.6 Å². The predicted molar refractivity (Wildman–Crippen MR) is 79.0 cm³/mol. The molecule has 2 rings (SSSR count). The number of thiophene rings is 1. The number of ether oxygens (including phenoxy) is 1. The van der Waals surface area contributed by atoms with E-state index >= 15 is 0 Å². The van der Waals surface area contributed by atoms with Crippen LogP contribution in [0, 0.1) is 18.8 Å². The lowest BCUT2D eigenvalue weighted by molar-refractivity contribution is -0.00253. The first kappa shape index (κ1) is 15.0. The van der Waals surface area contributed by atoms with Crippen LogP contribution in [0.4, 0.5) is 0 Å². The summed E-state index contributed by atoms with van der Waals surface area (Å²) in [5.74, 6) is 5.58. The second-order valence-electron chi connectivity index (χ2n) is 4.72. The van der Waals surface area contributed by atoms with Crippen LogP contribution in [0.15, 0.2) is 6.07 Å². The molecular formula is C15H19NO3S. The van der Waals surface area contributed by atoms with Gasteiger partial charge in [0.2, 0.25) is 0 Å². The van der Waals surface area contributed by atoms with Crippen molar-refractivity contribution in [2.24, 2.45) is 0 Å². The first-order valence-corrected chi connectivity index (χ1v) is 7.57. The molecule has 108 valence electrons. The van der Waals surface area contributed by atoms with Gasteiger partial charge in [0.25, 0.3) is 5.91 Å². The lowest BCUT2D eigenvalue weighted by Gasteiger charge is -2.34. The topological polar surface area (TPSA) is 49.8 Å². The minimum absolute atomic E-state index is 0.0605. The number of hydrogen-bond donors (Lipinski definition) is 1. The Kier molecular flexibility index (Phi) is 5.18. The van der Waals surface area contributed by atoms with Gasteiger partial charge in [0.15, 0.2) is 0 Å². The lowest BCUT2D eigenvalue weighted by atomic mass is 10.1. The van der Waals surface area contributed by atoms with Crippen molar-refractivity contribution >= 4 is 17.2 Å². The van der Waals surface area contributed by atoms with Gasteiger partial charge in [-0.05, 0) is 25.0 Å². The van der Waals surface area contributed by atoms with Crippen LogP contribution >= 0.6 is 11.3 Å². The molecule has 1 aromatic rings. The Morgan fingerprint density at radius 1 is 1.65 bits per heavy atom. The Morgan fingerprint density at radius 3 is 3.15 bits per heavy atom. The Morgan fingerprint density at radius 2 is 2.45 bits per heavy atom. The van der Waals surface area contributed by atoms with Crippen LogP contribution in [0.25, 0.3) is 0 Å². The number of aryl methyl sites for hydroxylation is 1. The highest BCUT2D eigenvalue weighted by Crippen LogP contribution is 2.24. The minimum Gasteiger partial charge on any atom is -0.384 e. The molecule has 0 saturated carbocycles. The molecule has 0 aliphatic carbocycles. The van der Waals surface area contributed by atoms with E-state index < -0.39 is 0 Å². The van der Waals surface area contributed by atoms with Crippen molar-refractivity contribution in [2.45, 2.75) is 26.3 Å². The van der Waals surface area contributed by atoms with E-state index in [2.05, 4.69) is 18.8 Å². The van der Waals surface area contributed by atoms with Gasteiger partial charge in [-0.3, -0.25) is 4.79 Å². The molecule has 1 unspecified atom stereocenters. The number of rotatable bonds is 2. The second-order valence-corrected chi connectivity index (χ2v) is 5.77. The Bertz CT molecular complexity index is 541. The van der Waals surface area contributed by atoms with E-state index in [-0.39, 0.29) is 18.6 Å². The average Bonchev–Trinajstić information content (AvgIpc) is 2.85. The van der Waals surface area contributed by atoms with Crippen LogP contribution in [0.5, 0.6) is 0 Å². The summed E-state index contributed by atoms with van der Waals surface area (Å²) in [5.41, 5.74) is 0.987. The van der Waals surface area contributed by atoms with E-state index in [1.165, 1.54) is 11.3 Å². The number of aliphatic hydroxyl groups is 1. The van der Waals surface area contributed by atoms with Crippen molar-refractivity contribution in [1.82, 2.24) is 4.90 Å². The van der Waals surface area contributed by atoms with Crippen LogP contribution in [0.3, 0.4) is 0 Å². The molecule has 4 nitrogen and oxygen atoms in total. The van der Waals surface area contributed by atoms with E-state index in [1.54, 1.807) is 0 Å². The van der Waals surface area contributed by atoms with Crippen molar-refractivity contribution in [2.75, 3.05) is 26.4 Å². The third-order valence-electron chi connectivity index (χ3n) is 3.37. The standard InChI is InChI=1S/C15H19NO3S/c1-3-12-10-19-8-6-16(12)15(18)14-9-11(2)13(20-14)5-4-7-17/h9,12,17H,3,6-8,10H2,1-2H3. The zero-order valence-corrected chi connectivity index (χ0v) is 12.6. The van der Waals surface area contributed by atoms with Crippen molar-refractivity contribution in [3.05, 3.63) is 21.4 Å². The maximum atomic E-state index is 12.6. The largest absolute Gasteiger partial charge is 0.384 e. The summed E-state index contributed by atoms with van der Waals surface area (Å²) in [5, 5.41) is 8.75. The van der Waals surface area contributed by atoms with Gasteiger partial charge in [-0.1, -0.05) is 18.8 Å². The average molecular weight is 293 g/mol. The number of carbonyl (C=O) groups is 1. The molecule has 1 atom stereocenters. The maximum absolute atomic E-state index is 12.6. The number of aliphatic hydroxyl groups excluding tert-OH is 1. The zero-order valence-electron chi connectivity index (χ0n) is 11.8. The molecule has 20 heavy (non-hydrogen) atoms. The molecule has 1 aromatic heterocycles. The van der Waals surface area contributed by atoms with E-state index in [1.807, 2.05) is 17.9 Å². The van der Waals surface area contributed by atoms with Gasteiger partial charge in [-0.25, -0.2) is 0 Å². The summed E-state index contributed by atoms with van der Waals surface area (Å²) >= 11 is 1.40. The number of nitrogens with zero attached hydrogens (tertiary/aromatic N) is 1. The van der Waals surface area contributed by atoms with E-state index in [9.17, 15) is 4.79 Å². The Balaban J connectivity index is 2.20. The fraction of sp³-hybridized carbons (Fsp3) is 0.533. The van der Waals surface area contributed by atoms with Crippen molar-refractivity contribution in [3.63, 3.8) is 0 Å². The first-order chi connectivity index (χ1) is 9.67. The van der Waals surface area contributed by atoms with Gasteiger partial charge in [0.1, 0.15) is 6.61 Å². The summed E-state index contributed by atoms with van der Waals surface area (Å²) in [7, 11) is 0. The smallest absolute Gasteiger partial charge is 0.264 e. The van der Waals surface area contributed by atoms with Gasteiger partial charge in [0, 0.05) is 6.54 Å². The molecular weight excluding hydrogens is 274 g/mol. The molecule has 1 aliphatic heterocycles. The highest BCUT2D eigenvalue weighted by Gasteiger charge is 2.27. The monoisotopic (exact) mass is 293 g/mol. The molecule has 0 radical (unpaired) electrons. The molecule has 1 fully saturated rings. The Hall–Kier alpha value is -1.35. The van der Waals surface area contributed by atoms with Gasteiger partial charge < -0.3 is 14.7 Å². The highest BCUT2D eigenvalue weighted by atomic mass is 32.1. The third kappa shape index (κ3) is 3.21. The molecule has 0 bridgehead atoms. The summed E-state index contributed by atoms with van der Waals surface area (Å²) < 4.78 is 5.43. The number of morpholine rings is 1. The van der Waals surface area contributed by atoms with Crippen LogP contribution in [0.2, 0.25) is 0 Å². The fourth-order valence-electron chi connectivity index (χ4n) is 2.23. The summed E-state index contributed by atoms with van der Waals surface area (Å²) in [6.45, 7) is 5.70. The number of hydrogen-bond acceptors (Lipinski definition) is 4. The van der Waals surface area contributed by atoms with Crippen molar-refractivity contribution in [1.29, 1.82) is 0 Å². The summed E-state index contributed by atoms with van der Waals surface area (Å²) in [6.07, 6.45) is 0.896. The fourth-order valence-corrected chi connectivity index (χ4v) is 3.24. The molecule has 0 spiro atoms. The normalized spacial score (nSPS) is 18.6. The molecule has 1 aliphatic rings. The minimum atomic E-state index is -0.165. The SMILES string of the molecule is CCC1COCCN1C(=O)c1cc(C)c(C#CCO)s1.